The highest BCUT2D eigenvalue weighted by atomic mass is 16.4. The van der Waals surface area contributed by atoms with Crippen molar-refractivity contribution in [2.24, 2.45) is 5.41 Å². The Labute approximate surface area is 95.0 Å². The second-order valence-corrected chi connectivity index (χ2v) is 4.31. The van der Waals surface area contributed by atoms with Gasteiger partial charge in [-0.05, 0) is 5.56 Å². The number of hydrogen-bond donors (Lipinski definition) is 2. The molecular formula is C13H16O3. The summed E-state index contributed by atoms with van der Waals surface area (Å²) in [6.07, 6.45) is 2.13. The average molecular weight is 220 g/mol. The number of aliphatic hydroxyl groups is 1. The van der Waals surface area contributed by atoms with Crippen molar-refractivity contribution in [3.8, 4) is 0 Å². The maximum atomic E-state index is 10.7. The van der Waals surface area contributed by atoms with Gasteiger partial charge in [0.15, 0.2) is 6.10 Å². The quantitative estimate of drug-likeness (QED) is 0.817. The van der Waals surface area contributed by atoms with Gasteiger partial charge in [-0.1, -0.05) is 56.3 Å². The molecule has 0 saturated carbocycles. The average Bonchev–Trinajstić information content (AvgIpc) is 2.27. The number of benzene rings is 1. The largest absolute Gasteiger partial charge is 0.479 e. The summed E-state index contributed by atoms with van der Waals surface area (Å²) >= 11 is 0. The van der Waals surface area contributed by atoms with E-state index in [2.05, 4.69) is 0 Å². The van der Waals surface area contributed by atoms with Crippen LogP contribution in [0.2, 0.25) is 0 Å². The molecule has 1 atom stereocenters. The lowest BCUT2D eigenvalue weighted by Crippen LogP contribution is -2.34. The van der Waals surface area contributed by atoms with E-state index in [0.29, 0.717) is 0 Å². The first-order chi connectivity index (χ1) is 7.43. The minimum absolute atomic E-state index is 0.790. The van der Waals surface area contributed by atoms with Crippen molar-refractivity contribution in [1.82, 2.24) is 0 Å². The standard InChI is InChI=1S/C13H16O3/c1-13(2,11(14)12(15)16)9-8-10-6-4-3-5-7-10/h3-9,11,14H,1-2H3,(H,15,16)/b9-8+. The lowest BCUT2D eigenvalue weighted by molar-refractivity contribution is -0.151. The third-order valence-corrected chi connectivity index (χ3v) is 2.44. The van der Waals surface area contributed by atoms with Crippen LogP contribution in [0.4, 0.5) is 0 Å². The third kappa shape index (κ3) is 3.21. The highest BCUT2D eigenvalue weighted by molar-refractivity contribution is 5.73. The number of aliphatic hydroxyl groups excluding tert-OH is 1. The Kier molecular flexibility index (Phi) is 3.85. The lowest BCUT2D eigenvalue weighted by Gasteiger charge is -2.23. The monoisotopic (exact) mass is 220 g/mol. The van der Waals surface area contributed by atoms with E-state index in [-0.39, 0.29) is 0 Å². The molecule has 0 fully saturated rings. The molecule has 0 heterocycles. The van der Waals surface area contributed by atoms with Crippen molar-refractivity contribution >= 4 is 12.0 Å². The summed E-state index contributed by atoms with van der Waals surface area (Å²) in [5.41, 5.74) is 0.190. The molecular weight excluding hydrogens is 204 g/mol. The summed E-state index contributed by atoms with van der Waals surface area (Å²) < 4.78 is 0. The molecule has 0 aromatic heterocycles. The van der Waals surface area contributed by atoms with Crippen LogP contribution in [0.25, 0.3) is 6.08 Å². The Morgan fingerprint density at radius 3 is 2.38 bits per heavy atom. The van der Waals surface area contributed by atoms with Gasteiger partial charge in [0.05, 0.1) is 0 Å². The number of carboxylic acids is 1. The minimum Gasteiger partial charge on any atom is -0.479 e. The molecule has 3 heteroatoms. The maximum Gasteiger partial charge on any atom is 0.333 e. The molecule has 0 amide bonds. The van der Waals surface area contributed by atoms with E-state index >= 15 is 0 Å². The first-order valence-electron chi connectivity index (χ1n) is 5.08. The normalized spacial score (nSPS) is 13.9. The Hall–Kier alpha value is -1.61. The summed E-state index contributed by atoms with van der Waals surface area (Å²) in [5, 5.41) is 18.2. The van der Waals surface area contributed by atoms with Crippen LogP contribution in [0.1, 0.15) is 19.4 Å². The van der Waals surface area contributed by atoms with Gasteiger partial charge in [-0.25, -0.2) is 4.79 Å². The lowest BCUT2D eigenvalue weighted by atomic mass is 9.85. The molecule has 2 N–H and O–H groups in total. The molecule has 1 rings (SSSR count). The highest BCUT2D eigenvalue weighted by Crippen LogP contribution is 2.24. The fourth-order valence-corrected chi connectivity index (χ4v) is 1.28. The molecule has 0 bridgehead atoms. The predicted octanol–water partition coefficient (Wildman–Crippen LogP) is 2.17. The molecule has 86 valence electrons. The molecule has 0 aliphatic heterocycles. The van der Waals surface area contributed by atoms with Gasteiger partial charge >= 0.3 is 5.97 Å². The van der Waals surface area contributed by atoms with Crippen molar-refractivity contribution in [1.29, 1.82) is 0 Å². The van der Waals surface area contributed by atoms with Crippen molar-refractivity contribution < 1.29 is 15.0 Å². The summed E-state index contributed by atoms with van der Waals surface area (Å²) in [7, 11) is 0. The molecule has 3 nitrogen and oxygen atoms in total. The van der Waals surface area contributed by atoms with E-state index in [1.54, 1.807) is 19.9 Å². The number of aliphatic carboxylic acids is 1. The Morgan fingerprint density at radius 2 is 1.88 bits per heavy atom. The van der Waals surface area contributed by atoms with Crippen LogP contribution in [0.3, 0.4) is 0 Å². The van der Waals surface area contributed by atoms with Gasteiger partial charge in [-0.2, -0.15) is 0 Å². The van der Waals surface area contributed by atoms with Gasteiger partial charge in [-0.15, -0.1) is 0 Å². The smallest absolute Gasteiger partial charge is 0.333 e. The zero-order valence-corrected chi connectivity index (χ0v) is 9.42. The van der Waals surface area contributed by atoms with Crippen molar-refractivity contribution in [3.63, 3.8) is 0 Å². The molecule has 0 spiro atoms. The molecule has 0 aliphatic carbocycles. The summed E-state index contributed by atoms with van der Waals surface area (Å²) in [6.45, 7) is 3.37. The van der Waals surface area contributed by atoms with Gasteiger partial charge in [0, 0.05) is 5.41 Å². The van der Waals surface area contributed by atoms with Gasteiger partial charge in [0.1, 0.15) is 0 Å². The minimum atomic E-state index is -1.40. The fraction of sp³-hybridized carbons (Fsp3) is 0.308. The van der Waals surface area contributed by atoms with E-state index in [1.807, 2.05) is 36.4 Å². The van der Waals surface area contributed by atoms with Crippen LogP contribution in [0.15, 0.2) is 36.4 Å². The van der Waals surface area contributed by atoms with E-state index in [4.69, 9.17) is 5.11 Å². The second-order valence-electron chi connectivity index (χ2n) is 4.31. The highest BCUT2D eigenvalue weighted by Gasteiger charge is 2.30. The molecule has 16 heavy (non-hydrogen) atoms. The number of hydrogen-bond acceptors (Lipinski definition) is 2. The predicted molar refractivity (Wildman–Crippen MR) is 62.9 cm³/mol. The van der Waals surface area contributed by atoms with Gasteiger partial charge in [0.25, 0.3) is 0 Å². The van der Waals surface area contributed by atoms with E-state index in [0.717, 1.165) is 5.56 Å². The summed E-state index contributed by atoms with van der Waals surface area (Å²) in [6, 6.07) is 9.55. The molecule has 1 aromatic carbocycles. The number of carboxylic acid groups (broad SMARTS) is 1. The topological polar surface area (TPSA) is 57.5 Å². The summed E-state index contributed by atoms with van der Waals surface area (Å²) in [4.78, 5) is 10.7. The molecule has 1 unspecified atom stereocenters. The number of carbonyl (C=O) groups is 1. The first kappa shape index (κ1) is 12.5. The molecule has 0 radical (unpaired) electrons. The van der Waals surface area contributed by atoms with E-state index in [9.17, 15) is 9.90 Å². The van der Waals surface area contributed by atoms with Crippen LogP contribution in [0.5, 0.6) is 0 Å². The Bertz CT molecular complexity index is 379. The summed E-state index contributed by atoms with van der Waals surface area (Å²) in [5.74, 6) is -1.21. The van der Waals surface area contributed by atoms with Gasteiger partial charge < -0.3 is 10.2 Å². The number of rotatable bonds is 4. The zero-order valence-electron chi connectivity index (χ0n) is 9.42. The van der Waals surface area contributed by atoms with E-state index < -0.39 is 17.5 Å². The molecule has 1 aromatic rings. The SMILES string of the molecule is CC(C)(/C=C/c1ccccc1)C(O)C(=O)O. The van der Waals surface area contributed by atoms with Crippen molar-refractivity contribution in [3.05, 3.63) is 42.0 Å². The van der Waals surface area contributed by atoms with Crippen LogP contribution >= 0.6 is 0 Å². The van der Waals surface area contributed by atoms with Crippen LogP contribution in [0, 0.1) is 5.41 Å². The van der Waals surface area contributed by atoms with Gasteiger partial charge in [-0.3, -0.25) is 0 Å². The second kappa shape index (κ2) is 4.94. The molecule has 0 aliphatic rings. The zero-order chi connectivity index (χ0) is 12.2. The Morgan fingerprint density at radius 1 is 1.31 bits per heavy atom. The fourth-order valence-electron chi connectivity index (χ4n) is 1.28. The van der Waals surface area contributed by atoms with Crippen LogP contribution in [-0.2, 0) is 4.79 Å². The third-order valence-electron chi connectivity index (χ3n) is 2.44. The molecule has 0 saturated heterocycles. The van der Waals surface area contributed by atoms with E-state index in [1.165, 1.54) is 0 Å². The van der Waals surface area contributed by atoms with Crippen LogP contribution in [-0.4, -0.2) is 22.3 Å². The maximum absolute atomic E-state index is 10.7. The van der Waals surface area contributed by atoms with Crippen LogP contribution < -0.4 is 0 Å². The first-order valence-corrected chi connectivity index (χ1v) is 5.08. The van der Waals surface area contributed by atoms with Gasteiger partial charge in [0.2, 0.25) is 0 Å². The van der Waals surface area contributed by atoms with Crippen molar-refractivity contribution in [2.75, 3.05) is 0 Å². The van der Waals surface area contributed by atoms with Crippen molar-refractivity contribution in [2.45, 2.75) is 20.0 Å². The Balaban J connectivity index is 2.80.